The lowest BCUT2D eigenvalue weighted by Crippen LogP contribution is -2.10. The molecule has 0 atom stereocenters. The second-order valence-electron chi connectivity index (χ2n) is 13.7. The van der Waals surface area contributed by atoms with E-state index < -0.39 is 0 Å². The molecule has 0 aliphatic heterocycles. The van der Waals surface area contributed by atoms with Gasteiger partial charge in [0.15, 0.2) is 0 Å². The highest BCUT2D eigenvalue weighted by Crippen LogP contribution is 2.46. The molecule has 0 aliphatic carbocycles. The molecule has 0 unspecified atom stereocenters. The van der Waals surface area contributed by atoms with E-state index in [0.717, 1.165) is 50.1 Å². The number of para-hydroxylation sites is 1. The summed E-state index contributed by atoms with van der Waals surface area (Å²) in [6.45, 7) is 0. The molecule has 1 heterocycles. The fourth-order valence-corrected chi connectivity index (χ4v) is 7.75. The van der Waals surface area contributed by atoms with Crippen LogP contribution in [0.2, 0.25) is 0 Å². The van der Waals surface area contributed by atoms with Crippen LogP contribution in [0.15, 0.2) is 217 Å². The monoisotopic (exact) mass is 689 g/mol. The van der Waals surface area contributed by atoms with Crippen molar-refractivity contribution in [1.82, 2.24) is 0 Å². The molecule has 10 rings (SSSR count). The predicted octanol–water partition coefficient (Wildman–Crippen LogP) is 14.9. The number of hydrogen-bond acceptors (Lipinski definition) is 2. The van der Waals surface area contributed by atoms with Crippen LogP contribution in [0.3, 0.4) is 0 Å². The van der Waals surface area contributed by atoms with Crippen molar-refractivity contribution in [3.05, 3.63) is 212 Å². The summed E-state index contributed by atoms with van der Waals surface area (Å²) < 4.78 is 6.71. The van der Waals surface area contributed by atoms with E-state index in [1.54, 1.807) is 0 Å². The zero-order chi connectivity index (χ0) is 35.8. The molecule has 54 heavy (non-hydrogen) atoms. The van der Waals surface area contributed by atoms with Gasteiger partial charge in [0.05, 0.1) is 11.1 Å². The zero-order valence-corrected chi connectivity index (χ0v) is 29.6. The van der Waals surface area contributed by atoms with Gasteiger partial charge >= 0.3 is 0 Å². The Morgan fingerprint density at radius 2 is 0.852 bits per heavy atom. The Hall–Kier alpha value is -7.16. The van der Waals surface area contributed by atoms with Crippen LogP contribution < -0.4 is 4.90 Å². The number of hydrogen-bond donors (Lipinski definition) is 0. The molecule has 10 aromatic rings. The summed E-state index contributed by atoms with van der Waals surface area (Å²) >= 11 is 0. The van der Waals surface area contributed by atoms with E-state index in [1.165, 1.54) is 44.2 Å². The largest absolute Gasteiger partial charge is 0.455 e. The average molecular weight is 690 g/mol. The van der Waals surface area contributed by atoms with Gasteiger partial charge in [0.2, 0.25) is 0 Å². The van der Waals surface area contributed by atoms with E-state index in [9.17, 15) is 0 Å². The second-order valence-corrected chi connectivity index (χ2v) is 13.7. The minimum atomic E-state index is 0.873. The molecule has 254 valence electrons. The molecule has 2 nitrogen and oxygen atoms in total. The van der Waals surface area contributed by atoms with E-state index >= 15 is 0 Å². The maximum atomic E-state index is 6.71. The minimum Gasteiger partial charge on any atom is -0.455 e. The van der Waals surface area contributed by atoms with Crippen LogP contribution in [0.4, 0.5) is 17.1 Å². The molecule has 0 saturated carbocycles. The van der Waals surface area contributed by atoms with E-state index in [4.69, 9.17) is 4.42 Å². The maximum absolute atomic E-state index is 6.71. The number of fused-ring (bicyclic) bond motifs is 4. The van der Waals surface area contributed by atoms with Crippen molar-refractivity contribution in [3.63, 3.8) is 0 Å². The van der Waals surface area contributed by atoms with Crippen molar-refractivity contribution in [2.75, 3.05) is 4.90 Å². The summed E-state index contributed by atoms with van der Waals surface area (Å²) in [7, 11) is 0. The minimum absolute atomic E-state index is 0.873. The molecule has 0 saturated heterocycles. The molecular formula is C52H35NO. The van der Waals surface area contributed by atoms with Crippen molar-refractivity contribution in [2.45, 2.75) is 0 Å². The Morgan fingerprint density at radius 3 is 1.54 bits per heavy atom. The first kappa shape index (κ1) is 31.6. The second kappa shape index (κ2) is 13.4. The quantitative estimate of drug-likeness (QED) is 0.166. The van der Waals surface area contributed by atoms with Gasteiger partial charge in [-0.05, 0) is 104 Å². The lowest BCUT2D eigenvalue weighted by molar-refractivity contribution is 0.670. The Balaban J connectivity index is 1.12. The normalized spacial score (nSPS) is 11.3. The molecule has 0 fully saturated rings. The van der Waals surface area contributed by atoms with Crippen molar-refractivity contribution < 1.29 is 4.42 Å². The average Bonchev–Trinajstić information content (AvgIpc) is 3.65. The van der Waals surface area contributed by atoms with Crippen molar-refractivity contribution in [2.24, 2.45) is 0 Å². The summed E-state index contributed by atoms with van der Waals surface area (Å²) in [5.41, 5.74) is 14.3. The first-order chi connectivity index (χ1) is 26.8. The molecular weight excluding hydrogens is 655 g/mol. The van der Waals surface area contributed by atoms with E-state index in [2.05, 4.69) is 211 Å². The summed E-state index contributed by atoms with van der Waals surface area (Å²) in [6, 6.07) is 75.8. The maximum Gasteiger partial charge on any atom is 0.145 e. The van der Waals surface area contributed by atoms with Crippen LogP contribution in [0, 0.1) is 0 Å². The van der Waals surface area contributed by atoms with Gasteiger partial charge < -0.3 is 9.32 Å². The van der Waals surface area contributed by atoms with Crippen LogP contribution in [0.25, 0.3) is 77.2 Å². The summed E-state index contributed by atoms with van der Waals surface area (Å²) in [5, 5.41) is 4.66. The highest BCUT2D eigenvalue weighted by Gasteiger charge is 2.22. The lowest BCUT2D eigenvalue weighted by atomic mass is 9.98. The molecule has 2 heteroatoms. The van der Waals surface area contributed by atoms with E-state index in [-0.39, 0.29) is 0 Å². The number of rotatable bonds is 7. The highest BCUT2D eigenvalue weighted by molar-refractivity contribution is 6.17. The SMILES string of the molecule is c1ccc(-c2cccc(-c3ccc(N(c4ccc(-c5ccc6ccccc6c5)cc4)c4ccc(-c5ccccc5)c5oc6ccccc6c45)cc3)c2)cc1. The third kappa shape index (κ3) is 5.71. The van der Waals surface area contributed by atoms with Crippen molar-refractivity contribution in [3.8, 4) is 44.5 Å². The van der Waals surface area contributed by atoms with Gasteiger partial charge in [0, 0.05) is 22.3 Å². The van der Waals surface area contributed by atoms with Crippen molar-refractivity contribution in [1.29, 1.82) is 0 Å². The van der Waals surface area contributed by atoms with Crippen LogP contribution in [-0.4, -0.2) is 0 Å². The number of benzene rings is 9. The molecule has 0 radical (unpaired) electrons. The number of anilines is 3. The van der Waals surface area contributed by atoms with E-state index in [1.807, 2.05) is 6.07 Å². The van der Waals surface area contributed by atoms with Crippen LogP contribution in [0.1, 0.15) is 0 Å². The standard InChI is InChI=1S/C52H35NO/c1-3-12-36(13-4-1)42-18-11-19-43(34-42)38-24-28-45(29-25-38)53(46-30-26-39(27-31-46)44-23-22-37-14-7-8-17-41(37)35-44)49-33-32-47(40-15-5-2-6-16-40)52-51(49)48-20-9-10-21-50(48)54-52/h1-35H. The molecule has 1 aromatic heterocycles. The molecule has 0 spiro atoms. The summed E-state index contributed by atoms with van der Waals surface area (Å²) in [5.74, 6) is 0. The Labute approximate surface area is 314 Å². The molecule has 9 aromatic carbocycles. The predicted molar refractivity (Wildman–Crippen MR) is 228 cm³/mol. The summed E-state index contributed by atoms with van der Waals surface area (Å²) in [6.07, 6.45) is 0. The van der Waals surface area contributed by atoms with Gasteiger partial charge in [-0.25, -0.2) is 0 Å². The first-order valence-corrected chi connectivity index (χ1v) is 18.4. The third-order valence-electron chi connectivity index (χ3n) is 10.5. The molecule has 0 N–H and O–H groups in total. The number of nitrogens with zero attached hydrogens (tertiary/aromatic N) is 1. The van der Waals surface area contributed by atoms with Gasteiger partial charge in [0.25, 0.3) is 0 Å². The van der Waals surface area contributed by atoms with Crippen LogP contribution in [-0.2, 0) is 0 Å². The van der Waals surface area contributed by atoms with Gasteiger partial charge in [0.1, 0.15) is 11.2 Å². The van der Waals surface area contributed by atoms with Crippen LogP contribution >= 0.6 is 0 Å². The Morgan fingerprint density at radius 1 is 0.333 bits per heavy atom. The smallest absolute Gasteiger partial charge is 0.145 e. The Bertz CT molecular complexity index is 2910. The van der Waals surface area contributed by atoms with Gasteiger partial charge in [-0.1, -0.05) is 158 Å². The van der Waals surface area contributed by atoms with E-state index in [0.29, 0.717) is 0 Å². The fraction of sp³-hybridized carbons (Fsp3) is 0. The third-order valence-corrected chi connectivity index (χ3v) is 10.5. The first-order valence-electron chi connectivity index (χ1n) is 18.4. The van der Waals surface area contributed by atoms with Gasteiger partial charge in [-0.15, -0.1) is 0 Å². The Kier molecular flexibility index (Phi) is 7.85. The van der Waals surface area contributed by atoms with Crippen molar-refractivity contribution >= 4 is 49.8 Å². The summed E-state index contributed by atoms with van der Waals surface area (Å²) in [4.78, 5) is 2.37. The topological polar surface area (TPSA) is 16.4 Å². The van der Waals surface area contributed by atoms with Gasteiger partial charge in [-0.2, -0.15) is 0 Å². The molecule has 0 bridgehead atoms. The molecule has 0 amide bonds. The van der Waals surface area contributed by atoms with Crippen LogP contribution in [0.5, 0.6) is 0 Å². The lowest BCUT2D eigenvalue weighted by Gasteiger charge is -2.27. The fourth-order valence-electron chi connectivity index (χ4n) is 7.75. The molecule has 0 aliphatic rings. The zero-order valence-electron chi connectivity index (χ0n) is 29.6. The highest BCUT2D eigenvalue weighted by atomic mass is 16.3. The van der Waals surface area contributed by atoms with Gasteiger partial charge in [-0.3, -0.25) is 0 Å². The number of furan rings is 1.